The van der Waals surface area contributed by atoms with E-state index in [4.69, 9.17) is 11.6 Å². The van der Waals surface area contributed by atoms with Gasteiger partial charge in [-0.3, -0.25) is 4.72 Å². The first-order valence-electron chi connectivity index (χ1n) is 5.63. The van der Waals surface area contributed by atoms with Gasteiger partial charge in [0.05, 0.1) is 10.9 Å². The molecule has 1 aliphatic rings. The van der Waals surface area contributed by atoms with Gasteiger partial charge in [0.15, 0.2) is 5.15 Å². The molecule has 0 aliphatic heterocycles. The van der Waals surface area contributed by atoms with Crippen LogP contribution in [0, 0.1) is 6.92 Å². The van der Waals surface area contributed by atoms with Crippen LogP contribution in [-0.4, -0.2) is 18.7 Å². The summed E-state index contributed by atoms with van der Waals surface area (Å²) in [5.74, 6) is 0. The average Bonchev–Trinajstić information content (AvgIpc) is 2.77. The number of hydrogen-bond donors (Lipinski definition) is 1. The van der Waals surface area contributed by atoms with Crippen LogP contribution in [0.4, 0.5) is 5.69 Å². The molecule has 0 atom stereocenters. The van der Waals surface area contributed by atoms with Gasteiger partial charge in [0.2, 0.25) is 10.0 Å². The van der Waals surface area contributed by atoms with Crippen molar-refractivity contribution in [3.63, 3.8) is 0 Å². The van der Waals surface area contributed by atoms with Crippen molar-refractivity contribution in [2.75, 3.05) is 4.72 Å². The summed E-state index contributed by atoms with van der Waals surface area (Å²) >= 11 is 5.87. The van der Waals surface area contributed by atoms with Gasteiger partial charge in [0.1, 0.15) is 0 Å². The highest BCUT2D eigenvalue weighted by Crippen LogP contribution is 2.28. The zero-order valence-electron chi connectivity index (χ0n) is 9.61. The second-order valence-electron chi connectivity index (χ2n) is 4.40. The van der Waals surface area contributed by atoms with Crippen LogP contribution >= 0.6 is 11.6 Å². The maximum absolute atomic E-state index is 12.1. The van der Waals surface area contributed by atoms with E-state index in [9.17, 15) is 8.42 Å². The Morgan fingerprint density at radius 1 is 1.41 bits per heavy atom. The lowest BCUT2D eigenvalue weighted by Gasteiger charge is -2.14. The van der Waals surface area contributed by atoms with Gasteiger partial charge >= 0.3 is 0 Å². The molecule has 1 heterocycles. The van der Waals surface area contributed by atoms with Crippen LogP contribution < -0.4 is 4.72 Å². The van der Waals surface area contributed by atoms with E-state index >= 15 is 0 Å². The Morgan fingerprint density at radius 3 is 2.71 bits per heavy atom. The van der Waals surface area contributed by atoms with Crippen molar-refractivity contribution >= 4 is 27.3 Å². The summed E-state index contributed by atoms with van der Waals surface area (Å²) in [6.07, 6.45) is 5.02. The minimum absolute atomic E-state index is 0.192. The molecule has 1 saturated carbocycles. The molecule has 0 spiro atoms. The largest absolute Gasteiger partial charge is 0.280 e. The third kappa shape index (κ3) is 2.90. The minimum Gasteiger partial charge on any atom is -0.280 e. The Hall–Kier alpha value is -0.810. The molecule has 4 nitrogen and oxygen atoms in total. The van der Waals surface area contributed by atoms with Crippen molar-refractivity contribution in [1.29, 1.82) is 0 Å². The number of halogens is 1. The van der Waals surface area contributed by atoms with E-state index in [1.807, 2.05) is 6.92 Å². The predicted molar refractivity (Wildman–Crippen MR) is 68.8 cm³/mol. The lowest BCUT2D eigenvalue weighted by atomic mass is 10.3. The van der Waals surface area contributed by atoms with E-state index < -0.39 is 10.0 Å². The Labute approximate surface area is 106 Å². The van der Waals surface area contributed by atoms with Crippen LogP contribution in [0.15, 0.2) is 12.3 Å². The Morgan fingerprint density at radius 2 is 2.06 bits per heavy atom. The summed E-state index contributed by atoms with van der Waals surface area (Å²) in [6.45, 7) is 1.84. The number of hydrogen-bond acceptors (Lipinski definition) is 3. The minimum atomic E-state index is -3.33. The van der Waals surface area contributed by atoms with E-state index in [1.165, 1.54) is 0 Å². The van der Waals surface area contributed by atoms with E-state index in [-0.39, 0.29) is 10.4 Å². The molecule has 1 N–H and O–H groups in total. The van der Waals surface area contributed by atoms with Gasteiger partial charge in [0, 0.05) is 6.20 Å². The lowest BCUT2D eigenvalue weighted by molar-refractivity contribution is 0.585. The molecule has 94 valence electrons. The number of rotatable bonds is 3. The lowest BCUT2D eigenvalue weighted by Crippen LogP contribution is -2.25. The van der Waals surface area contributed by atoms with E-state index in [0.29, 0.717) is 5.69 Å². The molecule has 6 heteroatoms. The van der Waals surface area contributed by atoms with Gasteiger partial charge in [-0.15, -0.1) is 0 Å². The summed E-state index contributed by atoms with van der Waals surface area (Å²) < 4.78 is 26.7. The highest BCUT2D eigenvalue weighted by molar-refractivity contribution is 7.93. The normalized spacial score (nSPS) is 17.3. The fourth-order valence-electron chi connectivity index (χ4n) is 2.06. The molecule has 0 saturated heterocycles. The second-order valence-corrected chi connectivity index (χ2v) is 6.72. The maximum atomic E-state index is 12.1. The van der Waals surface area contributed by atoms with Crippen molar-refractivity contribution in [2.45, 2.75) is 37.9 Å². The summed E-state index contributed by atoms with van der Waals surface area (Å²) in [7, 11) is -3.33. The van der Waals surface area contributed by atoms with E-state index in [0.717, 1.165) is 31.2 Å². The standard InChI is InChI=1S/C11H15ClN2O2S/c1-8-6-10(11(12)13-7-8)14-17(15,16)9-4-2-3-5-9/h6-7,9,14H,2-5H2,1H3. The van der Waals surface area contributed by atoms with Crippen molar-refractivity contribution in [1.82, 2.24) is 4.98 Å². The molecule has 0 radical (unpaired) electrons. The second kappa shape index (κ2) is 4.82. The highest BCUT2D eigenvalue weighted by atomic mass is 35.5. The zero-order chi connectivity index (χ0) is 12.5. The average molecular weight is 275 g/mol. The summed E-state index contributed by atoms with van der Waals surface area (Å²) in [6, 6.07) is 1.70. The Kier molecular flexibility index (Phi) is 3.58. The zero-order valence-corrected chi connectivity index (χ0v) is 11.2. The van der Waals surface area contributed by atoms with Crippen LogP contribution in [0.25, 0.3) is 0 Å². The molecule has 0 aromatic carbocycles. The molecule has 0 bridgehead atoms. The number of sulfonamides is 1. The van der Waals surface area contributed by atoms with Crippen LogP contribution in [-0.2, 0) is 10.0 Å². The molecule has 1 aromatic heterocycles. The number of anilines is 1. The quantitative estimate of drug-likeness (QED) is 0.862. The molecule has 1 aliphatic carbocycles. The van der Waals surface area contributed by atoms with Crippen LogP contribution in [0.5, 0.6) is 0 Å². The van der Waals surface area contributed by atoms with Gasteiger partial charge in [0.25, 0.3) is 0 Å². The first-order valence-corrected chi connectivity index (χ1v) is 7.55. The van der Waals surface area contributed by atoms with E-state index in [1.54, 1.807) is 12.3 Å². The third-order valence-corrected chi connectivity index (χ3v) is 5.12. The molecule has 2 rings (SSSR count). The van der Waals surface area contributed by atoms with Crippen LogP contribution in [0.1, 0.15) is 31.2 Å². The smallest absolute Gasteiger partial charge is 0.235 e. The van der Waals surface area contributed by atoms with Crippen molar-refractivity contribution in [3.8, 4) is 0 Å². The fraction of sp³-hybridized carbons (Fsp3) is 0.545. The number of pyridine rings is 1. The monoisotopic (exact) mass is 274 g/mol. The van der Waals surface area contributed by atoms with Gasteiger partial charge in [-0.1, -0.05) is 24.4 Å². The number of nitrogens with one attached hydrogen (secondary N) is 1. The van der Waals surface area contributed by atoms with Crippen molar-refractivity contribution in [2.24, 2.45) is 0 Å². The predicted octanol–water partition coefficient (Wildman–Crippen LogP) is 2.73. The molecule has 17 heavy (non-hydrogen) atoms. The third-order valence-electron chi connectivity index (χ3n) is 2.97. The number of nitrogens with zero attached hydrogens (tertiary/aromatic N) is 1. The fourth-order valence-corrected chi connectivity index (χ4v) is 3.85. The Balaban J connectivity index is 2.22. The molecule has 1 fully saturated rings. The van der Waals surface area contributed by atoms with Gasteiger partial charge in [-0.05, 0) is 31.4 Å². The topological polar surface area (TPSA) is 59.1 Å². The van der Waals surface area contributed by atoms with Gasteiger partial charge in [-0.2, -0.15) is 0 Å². The Bertz CT molecular complexity index is 510. The summed E-state index contributed by atoms with van der Waals surface area (Å²) in [4.78, 5) is 3.93. The summed E-state index contributed by atoms with van der Waals surface area (Å²) in [5, 5.41) is -0.101. The van der Waals surface area contributed by atoms with Crippen molar-refractivity contribution < 1.29 is 8.42 Å². The number of aryl methyl sites for hydroxylation is 1. The SMILES string of the molecule is Cc1cnc(Cl)c(NS(=O)(=O)C2CCCC2)c1. The summed E-state index contributed by atoms with van der Waals surface area (Å²) in [5.41, 5.74) is 1.25. The van der Waals surface area contributed by atoms with Crippen molar-refractivity contribution in [3.05, 3.63) is 23.0 Å². The van der Waals surface area contributed by atoms with Gasteiger partial charge in [-0.25, -0.2) is 13.4 Å². The molecule has 0 unspecified atom stereocenters. The molecule has 0 amide bonds. The van der Waals surface area contributed by atoms with Gasteiger partial charge < -0.3 is 0 Å². The van der Waals surface area contributed by atoms with E-state index in [2.05, 4.69) is 9.71 Å². The van der Waals surface area contributed by atoms with Crippen LogP contribution in [0.3, 0.4) is 0 Å². The maximum Gasteiger partial charge on any atom is 0.235 e. The first-order chi connectivity index (χ1) is 7.99. The first kappa shape index (κ1) is 12.6. The van der Waals surface area contributed by atoms with Crippen LogP contribution in [0.2, 0.25) is 5.15 Å². The molecular formula is C11H15ClN2O2S. The molecule has 1 aromatic rings. The number of aromatic nitrogens is 1. The highest BCUT2D eigenvalue weighted by Gasteiger charge is 2.29. The molecular weight excluding hydrogens is 260 g/mol.